The third-order valence-corrected chi connectivity index (χ3v) is 7.16. The maximum atomic E-state index is 14.1. The number of amides is 1. The highest BCUT2D eigenvalue weighted by atomic mass is 19.1. The van der Waals surface area contributed by atoms with E-state index < -0.39 is 5.97 Å². The Balaban J connectivity index is 1.28. The lowest BCUT2D eigenvalue weighted by Crippen LogP contribution is -2.50. The molecule has 0 radical (unpaired) electrons. The molecule has 0 unspecified atom stereocenters. The van der Waals surface area contributed by atoms with Crippen LogP contribution in [0.15, 0.2) is 48.5 Å². The third kappa shape index (κ3) is 4.78. The standard InChI is InChI=1S/C28H31FN4O3/c1-19(2)33-12-11-24-21(17-33)27(20-7-3-5-9-23(20)30-24)28(35)36-18-26(34)32-15-13-31(14-16-32)25-10-6-4-8-22(25)29/h3-10,19H,11-18H2,1-2H3. The SMILES string of the molecule is CC(C)N1CCc2nc3ccccc3c(C(=O)OCC(=O)N3CCN(c4ccccc4F)CC3)c2C1. The van der Waals surface area contributed by atoms with Crippen molar-refractivity contribution in [3.63, 3.8) is 0 Å². The van der Waals surface area contributed by atoms with Gasteiger partial charge in [-0.05, 0) is 32.0 Å². The van der Waals surface area contributed by atoms with E-state index in [1.807, 2.05) is 29.2 Å². The zero-order chi connectivity index (χ0) is 25.2. The smallest absolute Gasteiger partial charge is 0.339 e. The van der Waals surface area contributed by atoms with Gasteiger partial charge in [0, 0.05) is 68.4 Å². The van der Waals surface area contributed by atoms with Crippen molar-refractivity contribution in [3.8, 4) is 0 Å². The highest BCUT2D eigenvalue weighted by molar-refractivity contribution is 6.05. The minimum absolute atomic E-state index is 0.243. The molecule has 0 atom stereocenters. The second-order valence-corrected chi connectivity index (χ2v) is 9.64. The molecule has 7 nitrogen and oxygen atoms in total. The Morgan fingerprint density at radius 1 is 1.00 bits per heavy atom. The number of benzene rings is 2. The van der Waals surface area contributed by atoms with Crippen LogP contribution < -0.4 is 4.90 Å². The number of fused-ring (bicyclic) bond motifs is 2. The van der Waals surface area contributed by atoms with Gasteiger partial charge in [-0.15, -0.1) is 0 Å². The Morgan fingerprint density at radius 3 is 2.47 bits per heavy atom. The van der Waals surface area contributed by atoms with Crippen LogP contribution in [0, 0.1) is 5.82 Å². The van der Waals surface area contributed by atoms with Gasteiger partial charge < -0.3 is 14.5 Å². The first-order valence-electron chi connectivity index (χ1n) is 12.5. The fourth-order valence-electron chi connectivity index (χ4n) is 5.08. The normalized spacial score (nSPS) is 16.3. The van der Waals surface area contributed by atoms with Crippen LogP contribution >= 0.6 is 0 Å². The predicted molar refractivity (Wildman–Crippen MR) is 136 cm³/mol. The summed E-state index contributed by atoms with van der Waals surface area (Å²) in [6.45, 7) is 7.41. The number of carbonyl (C=O) groups excluding carboxylic acids is 2. The molecule has 0 saturated carbocycles. The summed E-state index contributed by atoms with van der Waals surface area (Å²) in [6.07, 6.45) is 0.768. The van der Waals surface area contributed by atoms with Crippen LogP contribution in [-0.4, -0.2) is 72.0 Å². The Morgan fingerprint density at radius 2 is 1.72 bits per heavy atom. The molecule has 1 aromatic heterocycles. The summed E-state index contributed by atoms with van der Waals surface area (Å²) in [6, 6.07) is 14.6. The van der Waals surface area contributed by atoms with Crippen molar-refractivity contribution in [1.29, 1.82) is 0 Å². The molecule has 188 valence electrons. The van der Waals surface area contributed by atoms with E-state index in [0.29, 0.717) is 50.0 Å². The van der Waals surface area contributed by atoms with Gasteiger partial charge in [0.1, 0.15) is 5.82 Å². The van der Waals surface area contributed by atoms with E-state index in [1.54, 1.807) is 23.1 Å². The zero-order valence-electron chi connectivity index (χ0n) is 20.7. The predicted octanol–water partition coefficient (Wildman–Crippen LogP) is 3.65. The van der Waals surface area contributed by atoms with Crippen molar-refractivity contribution in [2.24, 2.45) is 0 Å². The fraction of sp³-hybridized carbons (Fsp3) is 0.393. The average molecular weight is 491 g/mol. The number of piperazine rings is 1. The molecule has 0 aliphatic carbocycles. The van der Waals surface area contributed by atoms with E-state index in [9.17, 15) is 14.0 Å². The topological polar surface area (TPSA) is 66.0 Å². The number of anilines is 1. The molecule has 1 fully saturated rings. The molecule has 2 aliphatic heterocycles. The van der Waals surface area contributed by atoms with Crippen LogP contribution in [0.1, 0.15) is 35.5 Å². The molecule has 0 bridgehead atoms. The monoisotopic (exact) mass is 490 g/mol. The van der Waals surface area contributed by atoms with Gasteiger partial charge in [0.2, 0.25) is 0 Å². The molecule has 0 N–H and O–H groups in total. The van der Waals surface area contributed by atoms with Gasteiger partial charge in [0.05, 0.1) is 16.8 Å². The van der Waals surface area contributed by atoms with Crippen molar-refractivity contribution in [2.45, 2.75) is 32.9 Å². The first-order chi connectivity index (χ1) is 17.4. The number of para-hydroxylation sites is 2. The third-order valence-electron chi connectivity index (χ3n) is 7.16. The lowest BCUT2D eigenvalue weighted by molar-refractivity contribution is -0.134. The summed E-state index contributed by atoms with van der Waals surface area (Å²) in [4.78, 5) is 37.0. The van der Waals surface area contributed by atoms with Crippen molar-refractivity contribution in [3.05, 3.63) is 71.2 Å². The van der Waals surface area contributed by atoms with Gasteiger partial charge in [-0.2, -0.15) is 0 Å². The Hall–Kier alpha value is -3.52. The summed E-state index contributed by atoms with van der Waals surface area (Å²) in [5, 5.41) is 0.748. The van der Waals surface area contributed by atoms with E-state index in [1.165, 1.54) is 6.07 Å². The van der Waals surface area contributed by atoms with Crippen molar-refractivity contribution in [2.75, 3.05) is 44.2 Å². The van der Waals surface area contributed by atoms with Crippen molar-refractivity contribution < 1.29 is 18.7 Å². The molecule has 2 aliphatic rings. The van der Waals surface area contributed by atoms with Gasteiger partial charge in [-0.3, -0.25) is 14.7 Å². The molecule has 2 aromatic carbocycles. The molecule has 36 heavy (non-hydrogen) atoms. The molecular weight excluding hydrogens is 459 g/mol. The minimum Gasteiger partial charge on any atom is -0.452 e. The van der Waals surface area contributed by atoms with Crippen LogP contribution in [-0.2, 0) is 22.5 Å². The van der Waals surface area contributed by atoms with Gasteiger partial charge in [0.15, 0.2) is 6.61 Å². The summed E-state index contributed by atoms with van der Waals surface area (Å²) < 4.78 is 19.7. The first kappa shape index (κ1) is 24.2. The quantitative estimate of drug-likeness (QED) is 0.509. The highest BCUT2D eigenvalue weighted by Crippen LogP contribution is 2.29. The van der Waals surface area contributed by atoms with Gasteiger partial charge >= 0.3 is 5.97 Å². The van der Waals surface area contributed by atoms with E-state index >= 15 is 0 Å². The molecule has 3 aromatic rings. The van der Waals surface area contributed by atoms with Crippen LogP contribution in [0.3, 0.4) is 0 Å². The highest BCUT2D eigenvalue weighted by Gasteiger charge is 2.29. The largest absolute Gasteiger partial charge is 0.452 e. The number of pyridine rings is 1. The number of esters is 1. The number of carbonyl (C=O) groups is 2. The summed E-state index contributed by atoms with van der Waals surface area (Å²) in [7, 11) is 0. The van der Waals surface area contributed by atoms with Gasteiger partial charge in [-0.1, -0.05) is 30.3 Å². The fourth-order valence-corrected chi connectivity index (χ4v) is 5.08. The molecule has 0 spiro atoms. The number of rotatable bonds is 5. The number of halogens is 1. The lowest BCUT2D eigenvalue weighted by atomic mass is 9.95. The molecule has 1 amide bonds. The first-order valence-corrected chi connectivity index (χ1v) is 12.5. The van der Waals surface area contributed by atoms with Crippen LogP contribution in [0.25, 0.3) is 10.9 Å². The number of ether oxygens (including phenoxy) is 1. The molecular formula is C28H31FN4O3. The Labute approximate surface area is 210 Å². The average Bonchev–Trinajstić information content (AvgIpc) is 2.90. The van der Waals surface area contributed by atoms with E-state index in [2.05, 4.69) is 18.7 Å². The molecule has 5 rings (SSSR count). The van der Waals surface area contributed by atoms with E-state index in [4.69, 9.17) is 9.72 Å². The molecule has 1 saturated heterocycles. The van der Waals surface area contributed by atoms with E-state index in [0.717, 1.165) is 35.1 Å². The van der Waals surface area contributed by atoms with Crippen LogP contribution in [0.2, 0.25) is 0 Å². The number of hydrogen-bond donors (Lipinski definition) is 0. The zero-order valence-corrected chi connectivity index (χ0v) is 20.7. The van der Waals surface area contributed by atoms with Crippen molar-refractivity contribution >= 4 is 28.5 Å². The maximum absolute atomic E-state index is 14.1. The second-order valence-electron chi connectivity index (χ2n) is 9.64. The van der Waals surface area contributed by atoms with Crippen LogP contribution in [0.5, 0.6) is 0 Å². The minimum atomic E-state index is -0.492. The number of nitrogens with zero attached hydrogens (tertiary/aromatic N) is 4. The van der Waals surface area contributed by atoms with Crippen LogP contribution in [0.4, 0.5) is 10.1 Å². The Kier molecular flexibility index (Phi) is 6.87. The molecule has 3 heterocycles. The lowest BCUT2D eigenvalue weighted by Gasteiger charge is -2.36. The summed E-state index contributed by atoms with van der Waals surface area (Å²) >= 11 is 0. The number of hydrogen-bond acceptors (Lipinski definition) is 6. The molecule has 8 heteroatoms. The van der Waals surface area contributed by atoms with Gasteiger partial charge in [0.25, 0.3) is 5.91 Å². The Bertz CT molecular complexity index is 1290. The maximum Gasteiger partial charge on any atom is 0.339 e. The summed E-state index contributed by atoms with van der Waals surface area (Å²) in [5.41, 5.74) is 3.63. The number of aromatic nitrogens is 1. The van der Waals surface area contributed by atoms with E-state index in [-0.39, 0.29) is 18.3 Å². The second kappa shape index (κ2) is 10.2. The summed E-state index contributed by atoms with van der Waals surface area (Å²) in [5.74, 6) is -1.00. The van der Waals surface area contributed by atoms with Crippen molar-refractivity contribution in [1.82, 2.24) is 14.8 Å². The van der Waals surface area contributed by atoms with Gasteiger partial charge in [-0.25, -0.2) is 9.18 Å².